The number of hydrogen-bond donors (Lipinski definition) is 2. The van der Waals surface area contributed by atoms with Crippen molar-refractivity contribution in [3.05, 3.63) is 52.7 Å². The summed E-state index contributed by atoms with van der Waals surface area (Å²) in [4.78, 5) is 16.6. The van der Waals surface area contributed by atoms with E-state index in [2.05, 4.69) is 17.2 Å². The number of nitrogen functional groups attached to an aromatic ring is 1. The zero-order valence-corrected chi connectivity index (χ0v) is 12.7. The van der Waals surface area contributed by atoms with Gasteiger partial charge in [-0.25, -0.2) is 4.98 Å². The number of carbonyl (C=O) groups excluding carboxylic acids is 1. The van der Waals surface area contributed by atoms with Crippen LogP contribution in [0.3, 0.4) is 0 Å². The number of nitrogens with zero attached hydrogens (tertiary/aromatic N) is 1. The number of nitrogens with one attached hydrogen (secondary N) is 1. The SMILES string of the molecule is CCCc1cc(C(=O)Nc2cccc(C)c2C)cc(N)n1. The molecule has 2 rings (SSSR count). The highest BCUT2D eigenvalue weighted by molar-refractivity contribution is 6.05. The van der Waals surface area contributed by atoms with Gasteiger partial charge in [0.15, 0.2) is 0 Å². The van der Waals surface area contributed by atoms with Gasteiger partial charge in [-0.15, -0.1) is 0 Å². The van der Waals surface area contributed by atoms with Gasteiger partial charge < -0.3 is 11.1 Å². The molecule has 1 aromatic heterocycles. The lowest BCUT2D eigenvalue weighted by Gasteiger charge is -2.11. The molecule has 0 aliphatic carbocycles. The monoisotopic (exact) mass is 283 g/mol. The lowest BCUT2D eigenvalue weighted by molar-refractivity contribution is 0.102. The van der Waals surface area contributed by atoms with Gasteiger partial charge in [0.05, 0.1) is 0 Å². The summed E-state index contributed by atoms with van der Waals surface area (Å²) in [6.45, 7) is 6.09. The Kier molecular flexibility index (Phi) is 4.58. The zero-order valence-electron chi connectivity index (χ0n) is 12.7. The quantitative estimate of drug-likeness (QED) is 0.902. The van der Waals surface area contributed by atoms with E-state index >= 15 is 0 Å². The molecule has 0 atom stereocenters. The van der Waals surface area contributed by atoms with Gasteiger partial charge in [0.2, 0.25) is 0 Å². The smallest absolute Gasteiger partial charge is 0.255 e. The fourth-order valence-electron chi connectivity index (χ4n) is 2.21. The Morgan fingerprint density at radius 1 is 1.29 bits per heavy atom. The predicted octanol–water partition coefficient (Wildman–Crippen LogP) is 3.49. The van der Waals surface area contributed by atoms with Crippen LogP contribution in [0.4, 0.5) is 11.5 Å². The van der Waals surface area contributed by atoms with Crippen LogP contribution in [0.15, 0.2) is 30.3 Å². The summed E-state index contributed by atoms with van der Waals surface area (Å²) in [6, 6.07) is 9.27. The van der Waals surface area contributed by atoms with Crippen molar-refractivity contribution in [3.8, 4) is 0 Å². The van der Waals surface area contributed by atoms with Gasteiger partial charge >= 0.3 is 0 Å². The van der Waals surface area contributed by atoms with Gasteiger partial charge in [-0.1, -0.05) is 25.5 Å². The molecule has 2 aromatic rings. The van der Waals surface area contributed by atoms with Crippen molar-refractivity contribution in [2.45, 2.75) is 33.6 Å². The molecular weight excluding hydrogens is 262 g/mol. The van der Waals surface area contributed by atoms with Gasteiger partial charge in [0.25, 0.3) is 5.91 Å². The molecule has 4 nitrogen and oxygen atoms in total. The second kappa shape index (κ2) is 6.39. The molecule has 0 bridgehead atoms. The Morgan fingerprint density at radius 3 is 2.76 bits per heavy atom. The molecule has 3 N–H and O–H groups in total. The van der Waals surface area contributed by atoms with E-state index in [1.165, 1.54) is 0 Å². The number of benzene rings is 1. The fraction of sp³-hybridized carbons (Fsp3) is 0.294. The number of aromatic nitrogens is 1. The van der Waals surface area contributed by atoms with Crippen LogP contribution in [0.25, 0.3) is 0 Å². The summed E-state index contributed by atoms with van der Waals surface area (Å²) in [5, 5.41) is 2.94. The third-order valence-electron chi connectivity index (χ3n) is 3.52. The summed E-state index contributed by atoms with van der Waals surface area (Å²) >= 11 is 0. The third-order valence-corrected chi connectivity index (χ3v) is 3.52. The van der Waals surface area contributed by atoms with Crippen molar-refractivity contribution < 1.29 is 4.79 Å². The number of hydrogen-bond acceptors (Lipinski definition) is 3. The van der Waals surface area contributed by atoms with Crippen LogP contribution < -0.4 is 11.1 Å². The summed E-state index contributed by atoms with van der Waals surface area (Å²) in [6.07, 6.45) is 1.78. The van der Waals surface area contributed by atoms with Crippen LogP contribution in [0.1, 0.15) is 40.5 Å². The topological polar surface area (TPSA) is 68.0 Å². The van der Waals surface area contributed by atoms with Crippen molar-refractivity contribution in [2.24, 2.45) is 0 Å². The normalized spacial score (nSPS) is 10.4. The van der Waals surface area contributed by atoms with Gasteiger partial charge in [0.1, 0.15) is 5.82 Å². The van der Waals surface area contributed by atoms with E-state index < -0.39 is 0 Å². The standard InChI is InChI=1S/C17H21N3O/c1-4-6-14-9-13(10-16(18)19-14)17(21)20-15-8-5-7-11(2)12(15)3/h5,7-10H,4,6H2,1-3H3,(H2,18,19)(H,20,21). The molecule has 110 valence electrons. The molecule has 1 heterocycles. The minimum atomic E-state index is -0.157. The summed E-state index contributed by atoms with van der Waals surface area (Å²) in [7, 11) is 0. The van der Waals surface area contributed by atoms with E-state index in [1.807, 2.05) is 32.0 Å². The highest BCUT2D eigenvalue weighted by Gasteiger charge is 2.11. The first-order chi connectivity index (χ1) is 10.0. The Labute approximate surface area is 125 Å². The summed E-state index contributed by atoms with van der Waals surface area (Å²) < 4.78 is 0. The number of anilines is 2. The van der Waals surface area contributed by atoms with E-state index in [1.54, 1.807) is 12.1 Å². The molecule has 4 heteroatoms. The molecule has 0 spiro atoms. The molecule has 0 fully saturated rings. The summed E-state index contributed by atoms with van der Waals surface area (Å²) in [5.74, 6) is 0.224. The number of pyridine rings is 1. The second-order valence-corrected chi connectivity index (χ2v) is 5.22. The first-order valence-electron chi connectivity index (χ1n) is 7.15. The largest absolute Gasteiger partial charge is 0.384 e. The van der Waals surface area contributed by atoms with Crippen LogP contribution in [0.5, 0.6) is 0 Å². The van der Waals surface area contributed by atoms with Gasteiger partial charge in [-0.3, -0.25) is 4.79 Å². The fourth-order valence-corrected chi connectivity index (χ4v) is 2.21. The summed E-state index contributed by atoms with van der Waals surface area (Å²) in [5.41, 5.74) is 10.2. The maximum absolute atomic E-state index is 12.4. The Bertz CT molecular complexity index is 665. The Hall–Kier alpha value is -2.36. The number of rotatable bonds is 4. The zero-order chi connectivity index (χ0) is 15.4. The molecular formula is C17H21N3O. The van der Waals surface area contributed by atoms with Crippen LogP contribution in [-0.4, -0.2) is 10.9 Å². The predicted molar refractivity (Wildman–Crippen MR) is 86.5 cm³/mol. The van der Waals surface area contributed by atoms with Crippen LogP contribution in [0, 0.1) is 13.8 Å². The highest BCUT2D eigenvalue weighted by atomic mass is 16.1. The number of nitrogens with two attached hydrogens (primary N) is 1. The molecule has 0 unspecified atom stereocenters. The molecule has 1 aromatic carbocycles. The third kappa shape index (κ3) is 3.60. The number of carbonyl (C=O) groups is 1. The molecule has 0 radical (unpaired) electrons. The van der Waals surface area contributed by atoms with E-state index in [4.69, 9.17) is 5.73 Å². The number of aryl methyl sites for hydroxylation is 2. The van der Waals surface area contributed by atoms with Crippen molar-refractivity contribution in [2.75, 3.05) is 11.1 Å². The van der Waals surface area contributed by atoms with Crippen molar-refractivity contribution in [3.63, 3.8) is 0 Å². The maximum atomic E-state index is 12.4. The minimum Gasteiger partial charge on any atom is -0.384 e. The molecule has 0 aliphatic rings. The molecule has 1 amide bonds. The maximum Gasteiger partial charge on any atom is 0.255 e. The Morgan fingerprint density at radius 2 is 2.05 bits per heavy atom. The average molecular weight is 283 g/mol. The molecule has 0 aliphatic heterocycles. The minimum absolute atomic E-state index is 0.157. The van der Waals surface area contributed by atoms with Gasteiger partial charge in [-0.2, -0.15) is 0 Å². The van der Waals surface area contributed by atoms with Gasteiger partial charge in [0, 0.05) is 16.9 Å². The molecule has 0 saturated carbocycles. The average Bonchev–Trinajstić information content (AvgIpc) is 2.43. The van der Waals surface area contributed by atoms with Crippen molar-refractivity contribution in [1.82, 2.24) is 4.98 Å². The van der Waals surface area contributed by atoms with Crippen molar-refractivity contribution in [1.29, 1.82) is 0 Å². The van der Waals surface area contributed by atoms with Crippen LogP contribution >= 0.6 is 0 Å². The first-order valence-corrected chi connectivity index (χ1v) is 7.15. The van der Waals surface area contributed by atoms with E-state index in [0.717, 1.165) is 35.3 Å². The van der Waals surface area contributed by atoms with E-state index in [-0.39, 0.29) is 5.91 Å². The lowest BCUT2D eigenvalue weighted by Crippen LogP contribution is -2.14. The molecule has 21 heavy (non-hydrogen) atoms. The van der Waals surface area contributed by atoms with E-state index in [0.29, 0.717) is 11.4 Å². The molecule has 0 saturated heterocycles. The highest BCUT2D eigenvalue weighted by Crippen LogP contribution is 2.19. The van der Waals surface area contributed by atoms with Crippen LogP contribution in [0.2, 0.25) is 0 Å². The lowest BCUT2D eigenvalue weighted by atomic mass is 10.1. The number of amides is 1. The van der Waals surface area contributed by atoms with Crippen molar-refractivity contribution >= 4 is 17.4 Å². The first kappa shape index (κ1) is 15.0. The van der Waals surface area contributed by atoms with Crippen LogP contribution in [-0.2, 0) is 6.42 Å². The Balaban J connectivity index is 2.26. The second-order valence-electron chi connectivity index (χ2n) is 5.22. The van der Waals surface area contributed by atoms with Gasteiger partial charge in [-0.05, 0) is 49.6 Å². The van der Waals surface area contributed by atoms with E-state index in [9.17, 15) is 4.79 Å².